The van der Waals surface area contributed by atoms with Crippen LogP contribution in [0.15, 0.2) is 67.0 Å². The number of halogens is 4. The normalized spacial score (nSPS) is 19.2. The van der Waals surface area contributed by atoms with Crippen molar-refractivity contribution in [2.24, 2.45) is 0 Å². The van der Waals surface area contributed by atoms with Crippen molar-refractivity contribution in [1.29, 1.82) is 0 Å². The van der Waals surface area contributed by atoms with E-state index in [1.165, 1.54) is 30.6 Å². The van der Waals surface area contributed by atoms with Gasteiger partial charge in [0.25, 0.3) is 0 Å². The number of amides is 3. The SMILES string of the molecule is O=C(NC1CCC(F)(F)CC1)[C@H](c1ccccc1Cl)N(C(=O)C[C@H]1COC(=O)N1c1ncccn1)c1cccc(F)c1. The van der Waals surface area contributed by atoms with Gasteiger partial charge in [0.15, 0.2) is 0 Å². The van der Waals surface area contributed by atoms with E-state index in [0.29, 0.717) is 0 Å². The number of nitrogens with zero attached hydrogens (tertiary/aromatic N) is 4. The van der Waals surface area contributed by atoms with Crippen LogP contribution in [-0.2, 0) is 14.3 Å². The van der Waals surface area contributed by atoms with Crippen LogP contribution in [0.5, 0.6) is 0 Å². The van der Waals surface area contributed by atoms with Crippen molar-refractivity contribution in [2.75, 3.05) is 16.4 Å². The maximum atomic E-state index is 14.5. The highest BCUT2D eigenvalue weighted by Gasteiger charge is 2.42. The predicted octanol–water partition coefficient (Wildman–Crippen LogP) is 5.45. The fourth-order valence-corrected chi connectivity index (χ4v) is 5.43. The third-order valence-electron chi connectivity index (χ3n) is 7.26. The minimum Gasteiger partial charge on any atom is -0.447 e. The summed E-state index contributed by atoms with van der Waals surface area (Å²) in [6.07, 6.45) is 1.12. The van der Waals surface area contributed by atoms with E-state index < -0.39 is 47.8 Å². The highest BCUT2D eigenvalue weighted by Crippen LogP contribution is 2.36. The van der Waals surface area contributed by atoms with E-state index in [1.54, 1.807) is 30.3 Å². The molecule has 0 radical (unpaired) electrons. The van der Waals surface area contributed by atoms with Gasteiger partial charge in [-0.2, -0.15) is 0 Å². The fraction of sp³-hybridized carbons (Fsp3) is 0.345. The summed E-state index contributed by atoms with van der Waals surface area (Å²) in [5, 5.41) is 2.98. The summed E-state index contributed by atoms with van der Waals surface area (Å²) in [7, 11) is 0. The largest absolute Gasteiger partial charge is 0.447 e. The van der Waals surface area contributed by atoms with Crippen LogP contribution in [0.25, 0.3) is 0 Å². The second-order valence-corrected chi connectivity index (χ2v) is 10.6. The molecule has 2 heterocycles. The first-order valence-corrected chi connectivity index (χ1v) is 13.7. The van der Waals surface area contributed by atoms with Crippen molar-refractivity contribution >= 4 is 41.1 Å². The summed E-state index contributed by atoms with van der Waals surface area (Å²) >= 11 is 6.52. The summed E-state index contributed by atoms with van der Waals surface area (Å²) in [6, 6.07) is 10.3. The van der Waals surface area contributed by atoms with Gasteiger partial charge in [-0.05, 0) is 43.2 Å². The lowest BCUT2D eigenvalue weighted by Gasteiger charge is -2.35. The average Bonchev–Trinajstić information content (AvgIpc) is 3.33. The Hall–Kier alpha value is -4.19. The number of nitrogens with one attached hydrogen (secondary N) is 1. The van der Waals surface area contributed by atoms with Gasteiger partial charge >= 0.3 is 6.09 Å². The molecule has 42 heavy (non-hydrogen) atoms. The van der Waals surface area contributed by atoms with E-state index in [2.05, 4.69) is 15.3 Å². The molecule has 2 aromatic carbocycles. The van der Waals surface area contributed by atoms with Crippen LogP contribution in [0.4, 0.5) is 29.6 Å². The van der Waals surface area contributed by atoms with Gasteiger partial charge in [0, 0.05) is 47.6 Å². The molecule has 1 aliphatic carbocycles. The van der Waals surface area contributed by atoms with Crippen molar-refractivity contribution in [3.05, 3.63) is 83.4 Å². The maximum Gasteiger partial charge on any atom is 0.417 e. The Kier molecular flexibility index (Phi) is 8.62. The molecule has 0 unspecified atom stereocenters. The fourth-order valence-electron chi connectivity index (χ4n) is 5.19. The summed E-state index contributed by atoms with van der Waals surface area (Å²) in [6.45, 7) is -0.154. The van der Waals surface area contributed by atoms with E-state index >= 15 is 0 Å². The third-order valence-corrected chi connectivity index (χ3v) is 7.61. The number of cyclic esters (lactones) is 1. The Labute approximate surface area is 244 Å². The van der Waals surface area contributed by atoms with Gasteiger partial charge in [0.2, 0.25) is 23.7 Å². The maximum absolute atomic E-state index is 14.5. The molecule has 0 bridgehead atoms. The van der Waals surface area contributed by atoms with Crippen LogP contribution in [0.3, 0.4) is 0 Å². The minimum atomic E-state index is -2.80. The molecule has 220 valence electrons. The number of alkyl halides is 2. The Morgan fingerprint density at radius 2 is 1.81 bits per heavy atom. The van der Waals surface area contributed by atoms with Gasteiger partial charge in [-0.25, -0.2) is 32.8 Å². The van der Waals surface area contributed by atoms with Crippen molar-refractivity contribution in [2.45, 2.75) is 56.2 Å². The molecule has 13 heteroatoms. The zero-order chi connectivity index (χ0) is 29.9. The molecular weight excluding hydrogens is 575 g/mol. The molecule has 1 saturated heterocycles. The van der Waals surface area contributed by atoms with Crippen LogP contribution in [0.1, 0.15) is 43.7 Å². The molecule has 2 fully saturated rings. The Balaban J connectivity index is 1.51. The first-order chi connectivity index (χ1) is 20.1. The Bertz CT molecular complexity index is 1450. The molecule has 1 saturated carbocycles. The Morgan fingerprint density at radius 3 is 2.50 bits per heavy atom. The molecule has 3 aromatic rings. The monoisotopic (exact) mass is 601 g/mol. The van der Waals surface area contributed by atoms with Gasteiger partial charge in [-0.1, -0.05) is 35.9 Å². The molecule has 1 aromatic heterocycles. The molecule has 3 amide bonds. The number of hydrogen-bond acceptors (Lipinski definition) is 6. The third kappa shape index (κ3) is 6.48. The second-order valence-electron chi connectivity index (χ2n) is 10.2. The minimum absolute atomic E-state index is 0.0320. The smallest absolute Gasteiger partial charge is 0.417 e. The van der Waals surface area contributed by atoms with Gasteiger partial charge in [0.1, 0.15) is 18.5 Å². The highest BCUT2D eigenvalue weighted by atomic mass is 35.5. The highest BCUT2D eigenvalue weighted by molar-refractivity contribution is 6.31. The van der Waals surface area contributed by atoms with Crippen LogP contribution >= 0.6 is 11.6 Å². The Morgan fingerprint density at radius 1 is 1.10 bits per heavy atom. The van der Waals surface area contributed by atoms with E-state index in [9.17, 15) is 27.6 Å². The number of rotatable bonds is 8. The van der Waals surface area contributed by atoms with E-state index in [1.807, 2.05) is 0 Å². The van der Waals surface area contributed by atoms with E-state index in [-0.39, 0.29) is 60.9 Å². The summed E-state index contributed by atoms with van der Waals surface area (Å²) in [5.41, 5.74) is 0.306. The van der Waals surface area contributed by atoms with Crippen molar-refractivity contribution < 1.29 is 32.3 Å². The second kappa shape index (κ2) is 12.4. The molecular formula is C29H27ClF3N5O4. The zero-order valence-electron chi connectivity index (χ0n) is 22.3. The molecule has 5 rings (SSSR count). The topological polar surface area (TPSA) is 105 Å². The lowest BCUT2D eigenvalue weighted by Crippen LogP contribution is -2.49. The molecule has 0 spiro atoms. The molecule has 2 atom stereocenters. The number of anilines is 2. The van der Waals surface area contributed by atoms with Gasteiger partial charge < -0.3 is 10.1 Å². The first-order valence-electron chi connectivity index (χ1n) is 13.4. The number of carbonyl (C=O) groups excluding carboxylic acids is 3. The summed E-state index contributed by atoms with van der Waals surface area (Å²) in [4.78, 5) is 51.1. The number of hydrogen-bond donors (Lipinski definition) is 1. The molecule has 2 aliphatic rings. The molecule has 9 nitrogen and oxygen atoms in total. The quantitative estimate of drug-likeness (QED) is 0.368. The van der Waals surface area contributed by atoms with Gasteiger partial charge in [-0.15, -0.1) is 0 Å². The number of aromatic nitrogens is 2. The lowest BCUT2D eigenvalue weighted by molar-refractivity contribution is -0.128. The first kappa shape index (κ1) is 29.3. The van der Waals surface area contributed by atoms with Crippen LogP contribution < -0.4 is 15.1 Å². The van der Waals surface area contributed by atoms with Crippen molar-refractivity contribution in [3.63, 3.8) is 0 Å². The van der Waals surface area contributed by atoms with Crippen molar-refractivity contribution in [3.8, 4) is 0 Å². The standard InChI is InChI=1S/C29H27ClF3N5O4/c30-23-8-2-1-7-22(23)25(26(40)36-19-9-11-29(32,33)12-10-19)37(20-6-3-5-18(31)15-20)24(39)16-21-17-42-28(41)38(21)27-34-13-4-14-35-27/h1-8,13-15,19,21,25H,9-12,16-17H2,(H,36,40)/t21-,25-/m0/s1. The molecule has 1 aliphatic heterocycles. The molecule has 1 N–H and O–H groups in total. The summed E-state index contributed by atoms with van der Waals surface area (Å²) in [5.74, 6) is -4.75. The zero-order valence-corrected chi connectivity index (χ0v) is 23.0. The lowest BCUT2D eigenvalue weighted by atomic mass is 9.91. The van der Waals surface area contributed by atoms with E-state index in [4.69, 9.17) is 16.3 Å². The van der Waals surface area contributed by atoms with Crippen LogP contribution in [0, 0.1) is 5.82 Å². The average molecular weight is 602 g/mol. The predicted molar refractivity (Wildman–Crippen MR) is 148 cm³/mol. The van der Waals surface area contributed by atoms with Crippen LogP contribution in [-0.4, -0.2) is 52.5 Å². The number of carbonyl (C=O) groups is 3. The van der Waals surface area contributed by atoms with Gasteiger partial charge in [-0.3, -0.25) is 14.5 Å². The summed E-state index contributed by atoms with van der Waals surface area (Å²) < 4.78 is 47.3. The van der Waals surface area contributed by atoms with E-state index in [0.717, 1.165) is 15.9 Å². The van der Waals surface area contributed by atoms with Gasteiger partial charge in [0.05, 0.1) is 12.5 Å². The van der Waals surface area contributed by atoms with Crippen LogP contribution in [0.2, 0.25) is 5.02 Å². The number of ether oxygens (including phenoxy) is 1. The van der Waals surface area contributed by atoms with Crippen molar-refractivity contribution in [1.82, 2.24) is 15.3 Å². The number of benzene rings is 2.